The predicted octanol–water partition coefficient (Wildman–Crippen LogP) is 1.53. The number of nitrogens with one attached hydrogen (secondary N) is 1. The van der Waals surface area contributed by atoms with Gasteiger partial charge in [0.25, 0.3) is 0 Å². The molecule has 7 nitrogen and oxygen atoms in total. The fraction of sp³-hybridized carbons (Fsp3) is 0.632. The number of hydrogen-bond acceptors (Lipinski definition) is 5. The Kier molecular flexibility index (Phi) is 7.64. The highest BCUT2D eigenvalue weighted by molar-refractivity contribution is 7.89. The van der Waals surface area contributed by atoms with Crippen molar-refractivity contribution in [3.63, 3.8) is 0 Å². The first-order valence-electron chi connectivity index (χ1n) is 9.52. The number of aryl methyl sites for hydroxylation is 2. The first-order valence-corrected chi connectivity index (χ1v) is 11.0. The van der Waals surface area contributed by atoms with E-state index in [0.29, 0.717) is 31.0 Å². The lowest BCUT2D eigenvalue weighted by Gasteiger charge is -2.34. The van der Waals surface area contributed by atoms with Crippen LogP contribution in [0.4, 0.5) is 0 Å². The summed E-state index contributed by atoms with van der Waals surface area (Å²) in [6.45, 7) is 12.3. The van der Waals surface area contributed by atoms with Crippen LogP contribution in [0, 0.1) is 13.8 Å². The minimum absolute atomic E-state index is 0.00644. The molecule has 8 heteroatoms. The van der Waals surface area contributed by atoms with Gasteiger partial charge in [0.15, 0.2) is 0 Å². The zero-order valence-corrected chi connectivity index (χ0v) is 17.6. The van der Waals surface area contributed by atoms with Crippen LogP contribution < -0.4 is 9.46 Å². The maximum Gasteiger partial charge on any atom is 0.240 e. The van der Waals surface area contributed by atoms with Gasteiger partial charge >= 0.3 is 0 Å². The van der Waals surface area contributed by atoms with Crippen molar-refractivity contribution in [1.29, 1.82) is 0 Å². The molecule has 1 aromatic rings. The van der Waals surface area contributed by atoms with Crippen molar-refractivity contribution < 1.29 is 17.9 Å². The van der Waals surface area contributed by atoms with Gasteiger partial charge in [-0.1, -0.05) is 6.92 Å². The fourth-order valence-electron chi connectivity index (χ4n) is 3.21. The van der Waals surface area contributed by atoms with E-state index in [9.17, 15) is 13.2 Å². The van der Waals surface area contributed by atoms with Gasteiger partial charge in [-0.2, -0.15) is 0 Å². The molecule has 2 rings (SSSR count). The molecule has 0 aromatic heterocycles. The number of carbonyl (C=O) groups is 1. The summed E-state index contributed by atoms with van der Waals surface area (Å²) in [6.07, 6.45) is 0.167. The van der Waals surface area contributed by atoms with E-state index in [4.69, 9.17) is 4.74 Å². The Morgan fingerprint density at radius 2 is 1.78 bits per heavy atom. The molecule has 0 atom stereocenters. The summed E-state index contributed by atoms with van der Waals surface area (Å²) in [5.41, 5.74) is 1.39. The van der Waals surface area contributed by atoms with Crippen LogP contribution in [0.15, 0.2) is 17.0 Å². The standard InChI is InChI=1S/C19H31N3O4S/c1-5-21-9-11-22(12-10-21)19(23)7-8-20-27(24,25)18-14-15(3)17(26-6-2)13-16(18)4/h13-14,20H,5-12H2,1-4H3. The highest BCUT2D eigenvalue weighted by atomic mass is 32.2. The third-order valence-electron chi connectivity index (χ3n) is 4.87. The summed E-state index contributed by atoms with van der Waals surface area (Å²) in [5.74, 6) is 0.684. The first-order chi connectivity index (χ1) is 12.8. The van der Waals surface area contributed by atoms with E-state index in [1.165, 1.54) is 0 Å². The first kappa shape index (κ1) is 21.7. The largest absolute Gasteiger partial charge is 0.494 e. The summed E-state index contributed by atoms with van der Waals surface area (Å²) in [4.78, 5) is 16.6. The van der Waals surface area contributed by atoms with Gasteiger partial charge in [0.05, 0.1) is 11.5 Å². The van der Waals surface area contributed by atoms with Crippen molar-refractivity contribution in [3.8, 4) is 5.75 Å². The van der Waals surface area contributed by atoms with Crippen LogP contribution in [0.5, 0.6) is 5.75 Å². The molecule has 1 N–H and O–H groups in total. The number of carbonyl (C=O) groups excluding carboxylic acids is 1. The van der Waals surface area contributed by atoms with Crippen LogP contribution in [0.3, 0.4) is 0 Å². The summed E-state index contributed by atoms with van der Waals surface area (Å²) in [7, 11) is -3.67. The highest BCUT2D eigenvalue weighted by Crippen LogP contribution is 2.25. The second-order valence-corrected chi connectivity index (χ2v) is 8.51. The van der Waals surface area contributed by atoms with Gasteiger partial charge in [-0.05, 0) is 50.6 Å². The van der Waals surface area contributed by atoms with Crippen LogP contribution in [0.1, 0.15) is 31.4 Å². The number of likely N-dealkylation sites (N-methyl/N-ethyl adjacent to an activating group) is 1. The van der Waals surface area contributed by atoms with Crippen molar-refractivity contribution in [2.24, 2.45) is 0 Å². The lowest BCUT2D eigenvalue weighted by atomic mass is 10.1. The molecular formula is C19H31N3O4S. The van der Waals surface area contributed by atoms with Crippen molar-refractivity contribution in [1.82, 2.24) is 14.5 Å². The maximum atomic E-state index is 12.6. The Labute approximate surface area is 162 Å². The highest BCUT2D eigenvalue weighted by Gasteiger charge is 2.22. The molecular weight excluding hydrogens is 366 g/mol. The summed E-state index contributed by atoms with van der Waals surface area (Å²) in [5, 5.41) is 0. The monoisotopic (exact) mass is 397 g/mol. The van der Waals surface area contributed by atoms with E-state index in [0.717, 1.165) is 25.2 Å². The summed E-state index contributed by atoms with van der Waals surface area (Å²) in [6, 6.07) is 3.36. The van der Waals surface area contributed by atoms with Crippen molar-refractivity contribution in [2.75, 3.05) is 45.9 Å². The molecule has 0 radical (unpaired) electrons. The van der Waals surface area contributed by atoms with Gasteiger partial charge in [-0.15, -0.1) is 0 Å². The molecule has 1 heterocycles. The Hall–Kier alpha value is -1.64. The zero-order chi connectivity index (χ0) is 20.0. The topological polar surface area (TPSA) is 78.9 Å². The average molecular weight is 398 g/mol. The van der Waals surface area contributed by atoms with Crippen LogP contribution in [-0.2, 0) is 14.8 Å². The Balaban J connectivity index is 1.93. The van der Waals surface area contributed by atoms with Crippen LogP contribution in [-0.4, -0.2) is 70.0 Å². The van der Waals surface area contributed by atoms with E-state index >= 15 is 0 Å². The van der Waals surface area contributed by atoms with E-state index < -0.39 is 10.0 Å². The second kappa shape index (κ2) is 9.52. The molecule has 0 saturated carbocycles. The molecule has 1 aliphatic heterocycles. The third kappa shape index (κ3) is 5.67. The molecule has 152 valence electrons. The quantitative estimate of drug-likeness (QED) is 0.720. The Morgan fingerprint density at radius 1 is 1.11 bits per heavy atom. The normalized spacial score (nSPS) is 15.8. The summed E-state index contributed by atoms with van der Waals surface area (Å²) >= 11 is 0. The number of ether oxygens (including phenoxy) is 1. The molecule has 1 amide bonds. The molecule has 1 aliphatic rings. The lowest BCUT2D eigenvalue weighted by molar-refractivity contribution is -0.132. The number of amides is 1. The number of rotatable bonds is 8. The molecule has 0 spiro atoms. The Morgan fingerprint density at radius 3 is 2.37 bits per heavy atom. The Bertz CT molecular complexity index is 756. The molecule has 27 heavy (non-hydrogen) atoms. The number of sulfonamides is 1. The van der Waals surface area contributed by atoms with Crippen LogP contribution in [0.25, 0.3) is 0 Å². The van der Waals surface area contributed by atoms with Gasteiger partial charge in [-0.25, -0.2) is 13.1 Å². The fourth-order valence-corrected chi connectivity index (χ4v) is 4.55. The molecule has 1 aromatic carbocycles. The van der Waals surface area contributed by atoms with Gasteiger partial charge in [-0.3, -0.25) is 4.79 Å². The SMILES string of the molecule is CCOc1cc(C)c(S(=O)(=O)NCCC(=O)N2CCN(CC)CC2)cc1C. The zero-order valence-electron chi connectivity index (χ0n) is 16.7. The predicted molar refractivity (Wildman–Crippen MR) is 106 cm³/mol. The van der Waals surface area contributed by atoms with E-state index in [1.807, 2.05) is 18.7 Å². The van der Waals surface area contributed by atoms with Gasteiger partial charge in [0.1, 0.15) is 5.75 Å². The van der Waals surface area contributed by atoms with Gasteiger partial charge in [0.2, 0.25) is 15.9 Å². The molecule has 1 fully saturated rings. The smallest absolute Gasteiger partial charge is 0.240 e. The average Bonchev–Trinajstić information content (AvgIpc) is 2.64. The van der Waals surface area contributed by atoms with Gasteiger partial charge in [0, 0.05) is 39.1 Å². The number of benzene rings is 1. The lowest BCUT2D eigenvalue weighted by Crippen LogP contribution is -2.49. The molecule has 0 bridgehead atoms. The number of piperazine rings is 1. The van der Waals surface area contributed by atoms with Crippen molar-refractivity contribution >= 4 is 15.9 Å². The second-order valence-electron chi connectivity index (χ2n) is 6.78. The van der Waals surface area contributed by atoms with Crippen molar-refractivity contribution in [2.45, 2.75) is 39.0 Å². The molecule has 1 saturated heterocycles. The molecule has 0 aliphatic carbocycles. The molecule has 0 unspecified atom stereocenters. The van der Waals surface area contributed by atoms with Crippen molar-refractivity contribution in [3.05, 3.63) is 23.3 Å². The van der Waals surface area contributed by atoms with E-state index in [-0.39, 0.29) is 23.8 Å². The number of hydrogen-bond donors (Lipinski definition) is 1. The van der Waals surface area contributed by atoms with Gasteiger partial charge < -0.3 is 14.5 Å². The van der Waals surface area contributed by atoms with Crippen LogP contribution in [0.2, 0.25) is 0 Å². The summed E-state index contributed by atoms with van der Waals surface area (Å²) < 4.78 is 33.3. The minimum atomic E-state index is -3.67. The third-order valence-corrected chi connectivity index (χ3v) is 6.47. The van der Waals surface area contributed by atoms with Crippen LogP contribution >= 0.6 is 0 Å². The minimum Gasteiger partial charge on any atom is -0.494 e. The number of nitrogens with zero attached hydrogens (tertiary/aromatic N) is 2. The van der Waals surface area contributed by atoms with E-state index in [1.54, 1.807) is 19.1 Å². The maximum absolute atomic E-state index is 12.6. The van der Waals surface area contributed by atoms with E-state index in [2.05, 4.69) is 16.5 Å².